The predicted molar refractivity (Wildman–Crippen MR) is 80.0 cm³/mol. The second kappa shape index (κ2) is 6.80. The lowest BCUT2D eigenvalue weighted by molar-refractivity contribution is 0.305. The number of hydrogen-bond donors (Lipinski definition) is 1. The molecular formula is C15H15Cl2NO. The standard InChI is InChI=1S/C15H15Cl2NO/c1-18-9-11-4-2-3-5-12(11)10-19-15-7-13(16)6-14(17)8-15/h2-8,18H,9-10H2,1H3. The molecule has 2 aromatic rings. The summed E-state index contributed by atoms with van der Waals surface area (Å²) in [5, 5.41) is 4.29. The molecule has 0 fully saturated rings. The van der Waals surface area contributed by atoms with Crippen LogP contribution in [0, 0.1) is 0 Å². The van der Waals surface area contributed by atoms with Gasteiger partial charge in [0.25, 0.3) is 0 Å². The summed E-state index contributed by atoms with van der Waals surface area (Å²) in [5.74, 6) is 0.678. The number of rotatable bonds is 5. The molecule has 0 amide bonds. The first-order chi connectivity index (χ1) is 9.19. The van der Waals surface area contributed by atoms with Crippen molar-refractivity contribution in [1.82, 2.24) is 5.32 Å². The second-order valence-corrected chi connectivity index (χ2v) is 5.07. The molecule has 0 heterocycles. The molecule has 0 saturated carbocycles. The van der Waals surface area contributed by atoms with Gasteiger partial charge in [0.15, 0.2) is 0 Å². The Morgan fingerprint density at radius 2 is 1.63 bits per heavy atom. The van der Waals surface area contributed by atoms with Gasteiger partial charge in [-0.05, 0) is 36.4 Å². The van der Waals surface area contributed by atoms with E-state index in [-0.39, 0.29) is 0 Å². The van der Waals surface area contributed by atoms with Crippen LogP contribution in [0.5, 0.6) is 5.75 Å². The van der Waals surface area contributed by atoms with Gasteiger partial charge in [-0.2, -0.15) is 0 Å². The fourth-order valence-electron chi connectivity index (χ4n) is 1.83. The van der Waals surface area contributed by atoms with Gasteiger partial charge in [0.05, 0.1) is 0 Å². The largest absolute Gasteiger partial charge is 0.489 e. The summed E-state index contributed by atoms with van der Waals surface area (Å²) in [4.78, 5) is 0. The van der Waals surface area contributed by atoms with Crippen molar-refractivity contribution in [2.75, 3.05) is 7.05 Å². The highest BCUT2D eigenvalue weighted by Crippen LogP contribution is 2.25. The predicted octanol–water partition coefficient (Wildman–Crippen LogP) is 4.29. The molecule has 0 radical (unpaired) electrons. The van der Waals surface area contributed by atoms with Crippen LogP contribution in [0.2, 0.25) is 10.0 Å². The average Bonchev–Trinajstić information content (AvgIpc) is 2.37. The minimum absolute atomic E-state index is 0.495. The van der Waals surface area contributed by atoms with Gasteiger partial charge in [0.1, 0.15) is 12.4 Å². The van der Waals surface area contributed by atoms with Crippen molar-refractivity contribution >= 4 is 23.2 Å². The van der Waals surface area contributed by atoms with Gasteiger partial charge in [-0.3, -0.25) is 0 Å². The first-order valence-corrected chi connectivity index (χ1v) is 6.75. The van der Waals surface area contributed by atoms with Crippen molar-refractivity contribution in [3.8, 4) is 5.75 Å². The van der Waals surface area contributed by atoms with Gasteiger partial charge >= 0.3 is 0 Å². The first kappa shape index (κ1) is 14.2. The van der Waals surface area contributed by atoms with E-state index in [0.29, 0.717) is 22.4 Å². The van der Waals surface area contributed by atoms with Gasteiger partial charge in [-0.15, -0.1) is 0 Å². The highest BCUT2D eigenvalue weighted by Gasteiger charge is 2.03. The van der Waals surface area contributed by atoms with Gasteiger partial charge in [-0.25, -0.2) is 0 Å². The highest BCUT2D eigenvalue weighted by molar-refractivity contribution is 6.34. The maximum absolute atomic E-state index is 5.94. The Morgan fingerprint density at radius 3 is 2.26 bits per heavy atom. The molecule has 19 heavy (non-hydrogen) atoms. The Labute approximate surface area is 123 Å². The molecule has 0 aliphatic carbocycles. The summed E-state index contributed by atoms with van der Waals surface area (Å²) in [6.45, 7) is 1.31. The molecule has 2 aromatic carbocycles. The zero-order valence-electron chi connectivity index (χ0n) is 10.6. The van der Waals surface area contributed by atoms with E-state index in [4.69, 9.17) is 27.9 Å². The molecule has 100 valence electrons. The summed E-state index contributed by atoms with van der Waals surface area (Å²) in [6, 6.07) is 13.4. The minimum atomic E-state index is 0.495. The molecule has 0 bridgehead atoms. The number of nitrogens with one attached hydrogen (secondary N) is 1. The SMILES string of the molecule is CNCc1ccccc1COc1cc(Cl)cc(Cl)c1. The Bertz CT molecular complexity index is 537. The third kappa shape index (κ3) is 4.13. The first-order valence-electron chi connectivity index (χ1n) is 5.99. The third-order valence-corrected chi connectivity index (χ3v) is 3.15. The Morgan fingerprint density at radius 1 is 1.00 bits per heavy atom. The second-order valence-electron chi connectivity index (χ2n) is 4.19. The molecule has 2 rings (SSSR count). The normalized spacial score (nSPS) is 10.5. The van der Waals surface area contributed by atoms with Gasteiger partial charge < -0.3 is 10.1 Å². The van der Waals surface area contributed by atoms with Gasteiger partial charge in [0.2, 0.25) is 0 Å². The van der Waals surface area contributed by atoms with E-state index in [1.165, 1.54) is 5.56 Å². The lowest BCUT2D eigenvalue weighted by atomic mass is 10.1. The molecule has 2 nitrogen and oxygen atoms in total. The smallest absolute Gasteiger partial charge is 0.122 e. The molecule has 0 saturated heterocycles. The molecule has 0 aliphatic heterocycles. The number of halogens is 2. The van der Waals surface area contributed by atoms with Crippen LogP contribution in [0.25, 0.3) is 0 Å². The Kier molecular flexibility index (Phi) is 5.08. The molecular weight excluding hydrogens is 281 g/mol. The fourth-order valence-corrected chi connectivity index (χ4v) is 2.34. The molecule has 0 unspecified atom stereocenters. The Hall–Kier alpha value is -1.22. The zero-order chi connectivity index (χ0) is 13.7. The maximum atomic E-state index is 5.94. The average molecular weight is 296 g/mol. The van der Waals surface area contributed by atoms with Crippen molar-refractivity contribution < 1.29 is 4.74 Å². The molecule has 0 aromatic heterocycles. The molecule has 0 aliphatic rings. The molecule has 4 heteroatoms. The quantitative estimate of drug-likeness (QED) is 0.888. The minimum Gasteiger partial charge on any atom is -0.489 e. The van der Waals surface area contributed by atoms with E-state index >= 15 is 0 Å². The topological polar surface area (TPSA) is 21.3 Å². The van der Waals surface area contributed by atoms with Crippen LogP contribution in [0.15, 0.2) is 42.5 Å². The molecule has 0 spiro atoms. The summed E-state index contributed by atoms with van der Waals surface area (Å²) in [5.41, 5.74) is 2.37. The van der Waals surface area contributed by atoms with E-state index in [1.54, 1.807) is 18.2 Å². The van der Waals surface area contributed by atoms with Crippen LogP contribution in [-0.4, -0.2) is 7.05 Å². The van der Waals surface area contributed by atoms with E-state index in [1.807, 2.05) is 19.2 Å². The van der Waals surface area contributed by atoms with E-state index in [2.05, 4.69) is 17.4 Å². The number of hydrogen-bond acceptors (Lipinski definition) is 2. The van der Waals surface area contributed by atoms with Gasteiger partial charge in [0, 0.05) is 16.6 Å². The van der Waals surface area contributed by atoms with Gasteiger partial charge in [-0.1, -0.05) is 47.5 Å². The monoisotopic (exact) mass is 295 g/mol. The fraction of sp³-hybridized carbons (Fsp3) is 0.200. The van der Waals surface area contributed by atoms with Crippen LogP contribution < -0.4 is 10.1 Å². The van der Waals surface area contributed by atoms with E-state index in [9.17, 15) is 0 Å². The maximum Gasteiger partial charge on any atom is 0.122 e. The van der Waals surface area contributed by atoms with Crippen LogP contribution in [0.3, 0.4) is 0 Å². The van der Waals surface area contributed by atoms with Crippen molar-refractivity contribution in [2.24, 2.45) is 0 Å². The van der Waals surface area contributed by atoms with Crippen LogP contribution >= 0.6 is 23.2 Å². The lowest BCUT2D eigenvalue weighted by Gasteiger charge is -2.11. The summed E-state index contributed by atoms with van der Waals surface area (Å²) in [7, 11) is 1.92. The van der Waals surface area contributed by atoms with Crippen molar-refractivity contribution in [1.29, 1.82) is 0 Å². The third-order valence-electron chi connectivity index (χ3n) is 2.72. The number of benzene rings is 2. The highest BCUT2D eigenvalue weighted by atomic mass is 35.5. The summed E-state index contributed by atoms with van der Waals surface area (Å²) in [6.07, 6.45) is 0. The van der Waals surface area contributed by atoms with E-state index < -0.39 is 0 Å². The van der Waals surface area contributed by atoms with Crippen LogP contribution in [-0.2, 0) is 13.2 Å². The summed E-state index contributed by atoms with van der Waals surface area (Å²) >= 11 is 11.9. The molecule has 0 atom stereocenters. The van der Waals surface area contributed by atoms with Crippen molar-refractivity contribution in [2.45, 2.75) is 13.2 Å². The van der Waals surface area contributed by atoms with Crippen molar-refractivity contribution in [3.63, 3.8) is 0 Å². The Balaban J connectivity index is 2.09. The zero-order valence-corrected chi connectivity index (χ0v) is 12.1. The lowest BCUT2D eigenvalue weighted by Crippen LogP contribution is -2.09. The number of ether oxygens (including phenoxy) is 1. The van der Waals surface area contributed by atoms with E-state index in [0.717, 1.165) is 12.1 Å². The van der Waals surface area contributed by atoms with Crippen molar-refractivity contribution in [3.05, 3.63) is 63.6 Å². The summed E-state index contributed by atoms with van der Waals surface area (Å²) < 4.78 is 5.74. The molecule has 1 N–H and O–H groups in total. The van der Waals surface area contributed by atoms with Crippen LogP contribution in [0.1, 0.15) is 11.1 Å². The van der Waals surface area contributed by atoms with Crippen LogP contribution in [0.4, 0.5) is 0 Å².